The van der Waals surface area contributed by atoms with Crippen LogP contribution in [0.5, 0.6) is 0 Å². The van der Waals surface area contributed by atoms with Crippen molar-refractivity contribution in [3.05, 3.63) is 29.8 Å². The molecule has 0 fully saturated rings. The van der Waals surface area contributed by atoms with Crippen LogP contribution in [-0.4, -0.2) is 4.98 Å². The summed E-state index contributed by atoms with van der Waals surface area (Å²) in [4.78, 5) is 4.14. The first-order valence-electron chi connectivity index (χ1n) is 2.75. The van der Waals surface area contributed by atoms with Gasteiger partial charge in [0.05, 0.1) is 15.7 Å². The molecule has 1 aromatic heterocycles. The van der Waals surface area contributed by atoms with Gasteiger partial charge in [-0.25, -0.2) is 4.98 Å². The van der Waals surface area contributed by atoms with Crippen LogP contribution in [-0.2, 0) is 0 Å². The van der Waals surface area contributed by atoms with E-state index in [4.69, 9.17) is 0 Å². The zero-order valence-electron chi connectivity index (χ0n) is 5.45. The Balaban J connectivity index is 0.000000500. The Morgan fingerprint density at radius 3 is 2.80 bits per heavy atom. The molecule has 0 saturated heterocycles. The third-order valence-electron chi connectivity index (χ3n) is 1.24. The second-order valence-corrected chi connectivity index (χ2v) is 2.71. The Morgan fingerprint density at radius 2 is 2.00 bits per heavy atom. The predicted octanol–water partition coefficient (Wildman–Crippen LogP) is 2.46. The lowest BCUT2D eigenvalue weighted by Crippen LogP contribution is -1.61. The summed E-state index contributed by atoms with van der Waals surface area (Å²) in [7, 11) is 0. The smallest absolute Gasteiger partial charge is 0.0812 e. The highest BCUT2D eigenvalue weighted by Crippen LogP contribution is 2.15. The average Bonchev–Trinajstić information content (AvgIpc) is 2.33. The number of rotatable bonds is 0. The highest BCUT2D eigenvalue weighted by molar-refractivity contribution is 7.16. The first-order chi connectivity index (χ1) is 4.47. The fraction of sp³-hybridized carbons (Fsp3) is 0. The van der Waals surface area contributed by atoms with Gasteiger partial charge in [0.2, 0.25) is 0 Å². The third kappa shape index (κ3) is 1.01. The number of hydrogen-bond donors (Lipinski definition) is 1. The molecule has 0 radical (unpaired) electrons. The lowest BCUT2D eigenvalue weighted by atomic mass is 10.3. The number of nitrogens with zero attached hydrogens (tertiary/aromatic N) is 1. The Kier molecular flexibility index (Phi) is 1.99. The molecule has 10 heavy (non-hydrogen) atoms. The van der Waals surface area contributed by atoms with Crippen molar-refractivity contribution < 1.29 is 0 Å². The number of fused-ring (bicyclic) bond motifs is 1. The van der Waals surface area contributed by atoms with E-state index in [9.17, 15) is 0 Å². The second kappa shape index (κ2) is 2.77. The largest absolute Gasteiger partial charge is 0.344 e. The molecular formula is C7H8N2S. The van der Waals surface area contributed by atoms with E-state index < -0.39 is 0 Å². The zero-order chi connectivity index (χ0) is 6.10. The molecule has 0 bridgehead atoms. The van der Waals surface area contributed by atoms with Crippen molar-refractivity contribution in [1.82, 2.24) is 11.1 Å². The zero-order valence-corrected chi connectivity index (χ0v) is 6.27. The van der Waals surface area contributed by atoms with Gasteiger partial charge in [-0.2, -0.15) is 0 Å². The van der Waals surface area contributed by atoms with Crippen molar-refractivity contribution in [3.8, 4) is 0 Å². The summed E-state index contributed by atoms with van der Waals surface area (Å²) in [5.74, 6) is 0. The van der Waals surface area contributed by atoms with Gasteiger partial charge in [-0.3, -0.25) is 0 Å². The third-order valence-corrected chi connectivity index (χ3v) is 2.05. The van der Waals surface area contributed by atoms with Crippen molar-refractivity contribution in [2.24, 2.45) is 0 Å². The molecule has 1 aromatic carbocycles. The van der Waals surface area contributed by atoms with E-state index in [1.54, 1.807) is 11.3 Å². The molecule has 1 heterocycles. The van der Waals surface area contributed by atoms with Crippen molar-refractivity contribution in [3.63, 3.8) is 0 Å². The van der Waals surface area contributed by atoms with Crippen LogP contribution in [0, 0.1) is 0 Å². The Labute approximate surface area is 63.1 Å². The van der Waals surface area contributed by atoms with Crippen LogP contribution >= 0.6 is 11.3 Å². The molecule has 0 spiro atoms. The van der Waals surface area contributed by atoms with Crippen LogP contribution in [0.25, 0.3) is 10.2 Å². The summed E-state index contributed by atoms with van der Waals surface area (Å²) in [6.07, 6.45) is 0. The van der Waals surface area contributed by atoms with Gasteiger partial charge in [0, 0.05) is 0 Å². The van der Waals surface area contributed by atoms with E-state index >= 15 is 0 Å². The topological polar surface area (TPSA) is 47.9 Å². The van der Waals surface area contributed by atoms with Crippen LogP contribution in [0.1, 0.15) is 0 Å². The quantitative estimate of drug-likeness (QED) is 0.630. The molecule has 0 amide bonds. The number of aromatic nitrogens is 1. The fourth-order valence-electron chi connectivity index (χ4n) is 0.803. The molecule has 0 aliphatic carbocycles. The molecule has 2 rings (SSSR count). The van der Waals surface area contributed by atoms with Gasteiger partial charge in [-0.1, -0.05) is 12.1 Å². The van der Waals surface area contributed by atoms with Crippen LogP contribution < -0.4 is 6.15 Å². The summed E-state index contributed by atoms with van der Waals surface area (Å²) < 4.78 is 1.26. The molecule has 3 heteroatoms. The fourth-order valence-corrected chi connectivity index (χ4v) is 1.48. The standard InChI is InChI=1S/C7H5NS.H3N/c1-2-4-7-6(3-1)8-5-9-7;/h1-5H;1H3. The maximum Gasteiger partial charge on any atom is 0.0812 e. The van der Waals surface area contributed by atoms with E-state index in [0.29, 0.717) is 0 Å². The van der Waals surface area contributed by atoms with Gasteiger partial charge in [0.15, 0.2) is 0 Å². The normalized spacial score (nSPS) is 9.20. The molecule has 0 aliphatic heterocycles. The minimum absolute atomic E-state index is 0. The van der Waals surface area contributed by atoms with Crippen molar-refractivity contribution in [2.45, 2.75) is 0 Å². The molecule has 2 aromatic rings. The Morgan fingerprint density at radius 1 is 1.20 bits per heavy atom. The molecule has 2 nitrogen and oxygen atoms in total. The van der Waals surface area contributed by atoms with Gasteiger partial charge in [-0.15, -0.1) is 11.3 Å². The van der Waals surface area contributed by atoms with E-state index in [2.05, 4.69) is 11.1 Å². The number of thiazole rings is 1. The van der Waals surface area contributed by atoms with Crippen LogP contribution in [0.4, 0.5) is 0 Å². The van der Waals surface area contributed by atoms with Crippen LogP contribution in [0.3, 0.4) is 0 Å². The summed E-state index contributed by atoms with van der Waals surface area (Å²) in [5, 5.41) is 0. The summed E-state index contributed by atoms with van der Waals surface area (Å²) in [6, 6.07) is 8.13. The minimum Gasteiger partial charge on any atom is -0.344 e. The maximum absolute atomic E-state index is 4.14. The van der Waals surface area contributed by atoms with E-state index in [1.807, 2.05) is 23.7 Å². The molecule has 3 N–H and O–H groups in total. The first-order valence-corrected chi connectivity index (χ1v) is 3.63. The van der Waals surface area contributed by atoms with E-state index in [-0.39, 0.29) is 6.15 Å². The van der Waals surface area contributed by atoms with Gasteiger partial charge in [0.1, 0.15) is 0 Å². The molecule has 0 atom stereocenters. The lowest BCUT2D eigenvalue weighted by molar-refractivity contribution is 1.50. The number of benzene rings is 1. The van der Waals surface area contributed by atoms with Crippen LogP contribution in [0.2, 0.25) is 0 Å². The average molecular weight is 152 g/mol. The van der Waals surface area contributed by atoms with Gasteiger partial charge >= 0.3 is 0 Å². The molecule has 0 unspecified atom stereocenters. The minimum atomic E-state index is 0. The molecule has 52 valence electrons. The predicted molar refractivity (Wildman–Crippen MR) is 44.6 cm³/mol. The van der Waals surface area contributed by atoms with Gasteiger partial charge in [0.25, 0.3) is 0 Å². The molecule has 0 saturated carbocycles. The number of hydrogen-bond acceptors (Lipinski definition) is 3. The highest BCUT2D eigenvalue weighted by atomic mass is 32.1. The highest BCUT2D eigenvalue weighted by Gasteiger charge is 1.89. The van der Waals surface area contributed by atoms with Crippen molar-refractivity contribution >= 4 is 21.6 Å². The summed E-state index contributed by atoms with van der Waals surface area (Å²) in [6.45, 7) is 0. The summed E-state index contributed by atoms with van der Waals surface area (Å²) >= 11 is 1.68. The second-order valence-electron chi connectivity index (χ2n) is 1.82. The van der Waals surface area contributed by atoms with Crippen molar-refractivity contribution in [2.75, 3.05) is 0 Å². The molecule has 0 aliphatic rings. The van der Waals surface area contributed by atoms with Crippen molar-refractivity contribution in [1.29, 1.82) is 0 Å². The Bertz CT molecular complexity index is 286. The van der Waals surface area contributed by atoms with E-state index in [0.717, 1.165) is 5.52 Å². The van der Waals surface area contributed by atoms with Gasteiger partial charge < -0.3 is 6.15 Å². The summed E-state index contributed by atoms with van der Waals surface area (Å²) in [5.41, 5.74) is 2.97. The number of para-hydroxylation sites is 1. The lowest BCUT2D eigenvalue weighted by Gasteiger charge is -1.80. The Hall–Kier alpha value is -0.930. The monoisotopic (exact) mass is 152 g/mol. The van der Waals surface area contributed by atoms with Gasteiger partial charge in [-0.05, 0) is 12.1 Å². The SMILES string of the molecule is N.c1ccc2scnc2c1. The van der Waals surface area contributed by atoms with Crippen LogP contribution in [0.15, 0.2) is 29.8 Å². The van der Waals surface area contributed by atoms with E-state index in [1.165, 1.54) is 4.70 Å². The first kappa shape index (κ1) is 7.18. The molecular weight excluding hydrogens is 144 g/mol. The maximum atomic E-state index is 4.14.